The molecule has 0 bridgehead atoms. The fraction of sp³-hybridized carbons (Fsp3) is 0.833. The second kappa shape index (κ2) is 20.5. The standard InChI is InChI=1S/C6H14N2.C5H10O.CH6N2/c1-4-6(5-2)8-7-3;1-3-5(6)4-2;1-3-2/h7H,4-5H2,1-3H3;3-4H2,1-2H3;3H,2H2,1H3. The number of nitrogens with two attached hydrogens (primary N) is 1. The van der Waals surface area contributed by atoms with Crippen molar-refractivity contribution in [2.75, 3.05) is 14.1 Å². The Bertz CT molecular complexity index is 169. The van der Waals surface area contributed by atoms with Gasteiger partial charge in [0.1, 0.15) is 5.78 Å². The lowest BCUT2D eigenvalue weighted by molar-refractivity contribution is -0.118. The molecular formula is C12H30N4O. The Morgan fingerprint density at radius 2 is 1.35 bits per heavy atom. The Morgan fingerprint density at radius 3 is 1.41 bits per heavy atom. The molecule has 0 saturated heterocycles. The summed E-state index contributed by atoms with van der Waals surface area (Å²) in [6.45, 7) is 7.98. The van der Waals surface area contributed by atoms with Crippen LogP contribution in [0.5, 0.6) is 0 Å². The number of ketones is 1. The van der Waals surface area contributed by atoms with Crippen molar-refractivity contribution in [1.82, 2.24) is 10.9 Å². The van der Waals surface area contributed by atoms with E-state index in [1.807, 2.05) is 20.9 Å². The number of rotatable bonds is 5. The van der Waals surface area contributed by atoms with Crippen molar-refractivity contribution in [2.24, 2.45) is 10.9 Å². The van der Waals surface area contributed by atoms with Gasteiger partial charge in [0.15, 0.2) is 0 Å². The van der Waals surface area contributed by atoms with Crippen molar-refractivity contribution in [3.05, 3.63) is 0 Å². The van der Waals surface area contributed by atoms with Gasteiger partial charge in [-0.05, 0) is 19.9 Å². The van der Waals surface area contributed by atoms with Crippen LogP contribution in [0.25, 0.3) is 0 Å². The van der Waals surface area contributed by atoms with Gasteiger partial charge < -0.3 is 5.43 Å². The Labute approximate surface area is 106 Å². The van der Waals surface area contributed by atoms with Gasteiger partial charge in [-0.25, -0.2) is 0 Å². The van der Waals surface area contributed by atoms with Gasteiger partial charge >= 0.3 is 0 Å². The lowest BCUT2D eigenvalue weighted by atomic mass is 10.2. The molecule has 0 saturated carbocycles. The number of hydrazone groups is 1. The summed E-state index contributed by atoms with van der Waals surface area (Å²) in [4.78, 5) is 10.2. The van der Waals surface area contributed by atoms with Crippen molar-refractivity contribution >= 4 is 11.5 Å². The van der Waals surface area contributed by atoms with E-state index in [-0.39, 0.29) is 0 Å². The predicted molar refractivity (Wildman–Crippen MR) is 75.9 cm³/mol. The lowest BCUT2D eigenvalue weighted by Gasteiger charge is -1.95. The minimum absolute atomic E-state index is 0.343. The first-order valence-electron chi connectivity index (χ1n) is 6.18. The van der Waals surface area contributed by atoms with Gasteiger partial charge in [0, 0.05) is 25.6 Å². The summed E-state index contributed by atoms with van der Waals surface area (Å²) in [7, 11) is 3.48. The highest BCUT2D eigenvalue weighted by atomic mass is 16.1. The molecule has 104 valence electrons. The van der Waals surface area contributed by atoms with Crippen molar-refractivity contribution < 1.29 is 4.79 Å². The molecule has 17 heavy (non-hydrogen) atoms. The summed E-state index contributed by atoms with van der Waals surface area (Å²) < 4.78 is 0. The number of hydrazine groups is 1. The molecule has 5 heteroatoms. The van der Waals surface area contributed by atoms with Gasteiger partial charge in [0.05, 0.1) is 0 Å². The second-order valence-electron chi connectivity index (χ2n) is 3.14. The Kier molecular flexibility index (Phi) is 25.7. The summed E-state index contributed by atoms with van der Waals surface area (Å²) >= 11 is 0. The molecule has 0 radical (unpaired) electrons. The lowest BCUT2D eigenvalue weighted by Crippen LogP contribution is -2.13. The largest absolute Gasteiger partial charge is 0.313 e. The molecule has 0 aromatic heterocycles. The second-order valence-corrected chi connectivity index (χ2v) is 3.14. The number of carbonyl (C=O) groups is 1. The minimum Gasteiger partial charge on any atom is -0.313 e. The number of carbonyl (C=O) groups excluding carboxylic acids is 1. The minimum atomic E-state index is 0.343. The molecule has 5 nitrogen and oxygen atoms in total. The zero-order valence-corrected chi connectivity index (χ0v) is 12.3. The van der Waals surface area contributed by atoms with Crippen LogP contribution in [0, 0.1) is 0 Å². The fourth-order valence-corrected chi connectivity index (χ4v) is 0.816. The molecule has 0 rings (SSSR count). The average Bonchev–Trinajstić information content (AvgIpc) is 2.36. The summed E-state index contributed by atoms with van der Waals surface area (Å²) in [5.41, 5.74) is 6.24. The molecular weight excluding hydrogens is 216 g/mol. The van der Waals surface area contributed by atoms with Crippen LogP contribution in [-0.2, 0) is 4.79 Å². The number of nitrogens with zero attached hydrogens (tertiary/aromatic N) is 1. The van der Waals surface area contributed by atoms with Crippen LogP contribution in [0.3, 0.4) is 0 Å². The van der Waals surface area contributed by atoms with Gasteiger partial charge in [-0.15, -0.1) is 0 Å². The van der Waals surface area contributed by atoms with E-state index >= 15 is 0 Å². The number of nitrogens with one attached hydrogen (secondary N) is 2. The zero-order chi connectivity index (χ0) is 14.1. The molecule has 4 N–H and O–H groups in total. The molecule has 0 fully saturated rings. The third-order valence-corrected chi connectivity index (χ3v) is 1.87. The topological polar surface area (TPSA) is 79.5 Å². The Morgan fingerprint density at radius 1 is 1.00 bits per heavy atom. The molecule has 0 spiro atoms. The maximum Gasteiger partial charge on any atom is 0.132 e. The van der Waals surface area contributed by atoms with Gasteiger partial charge in [-0.2, -0.15) is 5.10 Å². The van der Waals surface area contributed by atoms with E-state index in [1.165, 1.54) is 5.71 Å². The SMILES string of the molecule is CCC(=O)CC.CCC(CC)=NNC.CNN. The third-order valence-electron chi connectivity index (χ3n) is 1.87. The van der Waals surface area contributed by atoms with Crippen molar-refractivity contribution in [3.63, 3.8) is 0 Å². The van der Waals surface area contributed by atoms with Crippen LogP contribution in [0.1, 0.15) is 53.4 Å². The molecule has 0 aliphatic carbocycles. The van der Waals surface area contributed by atoms with Gasteiger partial charge in [-0.1, -0.05) is 27.7 Å². The van der Waals surface area contributed by atoms with Crippen LogP contribution in [0.4, 0.5) is 0 Å². The summed E-state index contributed by atoms with van der Waals surface area (Å²) in [6, 6.07) is 0. The Hall–Kier alpha value is -0.940. The Balaban J connectivity index is -0.000000193. The maximum atomic E-state index is 10.2. The first-order valence-corrected chi connectivity index (χ1v) is 6.18. The van der Waals surface area contributed by atoms with E-state index in [4.69, 9.17) is 0 Å². The van der Waals surface area contributed by atoms with Crippen LogP contribution < -0.4 is 16.7 Å². The highest BCUT2D eigenvalue weighted by Crippen LogP contribution is 1.88. The number of hydrogen-bond acceptors (Lipinski definition) is 5. The van der Waals surface area contributed by atoms with E-state index in [0.717, 1.165) is 12.8 Å². The summed E-state index contributed by atoms with van der Waals surface area (Å²) in [6.07, 6.45) is 3.49. The van der Waals surface area contributed by atoms with Gasteiger partial charge in [-0.3, -0.25) is 16.1 Å². The molecule has 0 aromatic rings. The van der Waals surface area contributed by atoms with Crippen molar-refractivity contribution in [2.45, 2.75) is 53.4 Å². The first kappa shape index (κ1) is 21.4. The van der Waals surface area contributed by atoms with E-state index in [0.29, 0.717) is 18.6 Å². The van der Waals surface area contributed by atoms with Crippen LogP contribution in [-0.4, -0.2) is 25.6 Å². The summed E-state index contributed by atoms with van der Waals surface area (Å²) in [5.74, 6) is 4.94. The van der Waals surface area contributed by atoms with E-state index in [2.05, 4.69) is 35.6 Å². The number of hydrogen-bond donors (Lipinski definition) is 3. The van der Waals surface area contributed by atoms with Crippen LogP contribution >= 0.6 is 0 Å². The monoisotopic (exact) mass is 246 g/mol. The quantitative estimate of drug-likeness (QED) is 0.393. The number of Topliss-reactive ketones (excluding diaryl/α,β-unsaturated/α-hetero) is 1. The van der Waals surface area contributed by atoms with Gasteiger partial charge in [0.25, 0.3) is 0 Å². The average molecular weight is 246 g/mol. The van der Waals surface area contributed by atoms with Crippen LogP contribution in [0.15, 0.2) is 5.10 Å². The highest BCUT2D eigenvalue weighted by Gasteiger charge is 1.87. The third kappa shape index (κ3) is 25.4. The normalized spacial score (nSPS) is 7.94. The zero-order valence-electron chi connectivity index (χ0n) is 12.3. The first-order chi connectivity index (χ1) is 8.07. The van der Waals surface area contributed by atoms with Crippen molar-refractivity contribution in [3.8, 4) is 0 Å². The van der Waals surface area contributed by atoms with E-state index < -0.39 is 0 Å². The predicted octanol–water partition coefficient (Wildman–Crippen LogP) is 1.84. The van der Waals surface area contributed by atoms with Crippen molar-refractivity contribution in [1.29, 1.82) is 0 Å². The summed E-state index contributed by atoms with van der Waals surface area (Å²) in [5, 5.41) is 4.03. The smallest absolute Gasteiger partial charge is 0.132 e. The molecule has 0 aliphatic rings. The fourth-order valence-electron chi connectivity index (χ4n) is 0.816. The van der Waals surface area contributed by atoms with Crippen LogP contribution in [0.2, 0.25) is 0 Å². The maximum absolute atomic E-state index is 10.2. The van der Waals surface area contributed by atoms with E-state index in [9.17, 15) is 4.79 Å². The molecule has 0 unspecified atom stereocenters. The molecule has 0 heterocycles. The highest BCUT2D eigenvalue weighted by molar-refractivity contribution is 5.83. The molecule has 0 amide bonds. The molecule has 0 aliphatic heterocycles. The van der Waals surface area contributed by atoms with Gasteiger partial charge in [0.2, 0.25) is 0 Å². The van der Waals surface area contributed by atoms with E-state index in [1.54, 1.807) is 7.05 Å². The molecule has 0 aromatic carbocycles. The molecule has 0 atom stereocenters.